The first-order chi connectivity index (χ1) is 17.2. The maximum atomic E-state index is 12.5. The minimum atomic E-state index is -0.403. The Hall–Kier alpha value is -2.49. The molecule has 2 atom stereocenters. The molecule has 3 aliphatic rings. The summed E-state index contributed by atoms with van der Waals surface area (Å²) in [6, 6.07) is 14.6. The Morgan fingerprint density at radius 1 is 0.771 bits per heavy atom. The molecule has 0 bridgehead atoms. The first-order valence-corrected chi connectivity index (χ1v) is 12.3. The van der Waals surface area contributed by atoms with Crippen molar-refractivity contribution in [2.75, 3.05) is 40.0 Å². The first kappa shape index (κ1) is 24.2. The van der Waals surface area contributed by atoms with Crippen LogP contribution in [-0.4, -0.2) is 64.3 Å². The molecule has 8 heteroatoms. The van der Waals surface area contributed by atoms with E-state index in [2.05, 4.69) is 12.1 Å². The first-order valence-electron chi connectivity index (χ1n) is 12.3. The molecule has 1 saturated carbocycles. The van der Waals surface area contributed by atoms with E-state index in [1.165, 1.54) is 5.56 Å². The van der Waals surface area contributed by atoms with Crippen molar-refractivity contribution >= 4 is 5.97 Å². The van der Waals surface area contributed by atoms with Crippen molar-refractivity contribution in [3.63, 3.8) is 0 Å². The number of esters is 1. The number of hydrogen-bond acceptors (Lipinski definition) is 8. The third-order valence-electron chi connectivity index (χ3n) is 6.43. The summed E-state index contributed by atoms with van der Waals surface area (Å²) in [7, 11) is 0. The van der Waals surface area contributed by atoms with Crippen LogP contribution in [0.4, 0.5) is 0 Å². The summed E-state index contributed by atoms with van der Waals surface area (Å²) >= 11 is 0. The van der Waals surface area contributed by atoms with Crippen LogP contribution in [-0.2, 0) is 23.7 Å². The van der Waals surface area contributed by atoms with Gasteiger partial charge in [0, 0.05) is 0 Å². The molecule has 0 amide bonds. The lowest BCUT2D eigenvalue weighted by molar-refractivity contribution is -0.102. The molecular weight excluding hydrogens is 452 g/mol. The Balaban J connectivity index is 1.02. The molecule has 2 saturated heterocycles. The van der Waals surface area contributed by atoms with Crippen molar-refractivity contribution in [3.8, 4) is 11.5 Å². The molecule has 35 heavy (non-hydrogen) atoms. The number of epoxide rings is 2. The van der Waals surface area contributed by atoms with Crippen molar-refractivity contribution in [3.05, 3.63) is 59.7 Å². The van der Waals surface area contributed by atoms with Crippen LogP contribution in [0.25, 0.3) is 0 Å². The monoisotopic (exact) mass is 484 g/mol. The summed E-state index contributed by atoms with van der Waals surface area (Å²) in [5, 5.41) is 0. The highest BCUT2D eigenvalue weighted by atomic mass is 16.7. The summed E-state index contributed by atoms with van der Waals surface area (Å²) in [6.07, 6.45) is 4.92. The second-order valence-corrected chi connectivity index (χ2v) is 9.16. The molecule has 0 aromatic heterocycles. The van der Waals surface area contributed by atoms with E-state index >= 15 is 0 Å². The Bertz CT molecular complexity index is 929. The third kappa shape index (κ3) is 7.75. The molecule has 0 radical (unpaired) electrons. The fourth-order valence-corrected chi connectivity index (χ4v) is 4.17. The van der Waals surface area contributed by atoms with Gasteiger partial charge in [-0.25, -0.2) is 4.79 Å². The number of rotatable bonds is 13. The van der Waals surface area contributed by atoms with E-state index in [0.29, 0.717) is 43.0 Å². The van der Waals surface area contributed by atoms with Gasteiger partial charge in [0.2, 0.25) is 0 Å². The number of benzene rings is 2. The summed E-state index contributed by atoms with van der Waals surface area (Å²) in [6.45, 7) is 3.21. The van der Waals surface area contributed by atoms with Gasteiger partial charge in [0.05, 0.1) is 38.1 Å². The lowest BCUT2D eigenvalue weighted by Gasteiger charge is -2.28. The Morgan fingerprint density at radius 3 is 2.00 bits per heavy atom. The molecule has 5 rings (SSSR count). The molecule has 2 aromatic carbocycles. The van der Waals surface area contributed by atoms with Crippen LogP contribution in [0.1, 0.15) is 47.5 Å². The van der Waals surface area contributed by atoms with Crippen LogP contribution in [0.5, 0.6) is 11.5 Å². The minimum absolute atomic E-state index is 0.148. The Labute approximate surface area is 205 Å². The average Bonchev–Trinajstić information content (AvgIpc) is 3.82. The van der Waals surface area contributed by atoms with Crippen LogP contribution in [0.2, 0.25) is 0 Å². The van der Waals surface area contributed by atoms with Crippen LogP contribution >= 0.6 is 0 Å². The number of ether oxygens (including phenoxy) is 7. The predicted molar refractivity (Wildman–Crippen MR) is 126 cm³/mol. The van der Waals surface area contributed by atoms with Gasteiger partial charge in [0.1, 0.15) is 30.5 Å². The maximum absolute atomic E-state index is 12.5. The zero-order valence-corrected chi connectivity index (χ0v) is 19.8. The second kappa shape index (κ2) is 12.0. The zero-order valence-electron chi connectivity index (χ0n) is 19.8. The molecule has 1 aliphatic carbocycles. The van der Waals surface area contributed by atoms with E-state index in [4.69, 9.17) is 33.2 Å². The number of hydrogen-bond donors (Lipinski definition) is 0. The molecule has 2 heterocycles. The molecule has 0 spiro atoms. The van der Waals surface area contributed by atoms with E-state index in [9.17, 15) is 4.79 Å². The normalized spacial score (nSPS) is 25.1. The predicted octanol–water partition coefficient (Wildman–Crippen LogP) is 4.07. The van der Waals surface area contributed by atoms with E-state index in [0.717, 1.165) is 38.9 Å². The molecule has 188 valence electrons. The summed E-state index contributed by atoms with van der Waals surface area (Å²) < 4.78 is 37.9. The zero-order chi connectivity index (χ0) is 23.9. The number of carbonyl (C=O) groups is 1. The second-order valence-electron chi connectivity index (χ2n) is 9.16. The van der Waals surface area contributed by atoms with Crippen LogP contribution < -0.4 is 9.47 Å². The highest BCUT2D eigenvalue weighted by molar-refractivity contribution is 5.91. The van der Waals surface area contributed by atoms with Gasteiger partial charge in [-0.05, 0) is 73.6 Å². The van der Waals surface area contributed by atoms with E-state index < -0.39 is 5.97 Å². The highest BCUT2D eigenvalue weighted by Gasteiger charge is 2.25. The van der Waals surface area contributed by atoms with Crippen LogP contribution in [0.15, 0.2) is 48.5 Å². The van der Waals surface area contributed by atoms with Crippen molar-refractivity contribution < 1.29 is 38.0 Å². The van der Waals surface area contributed by atoms with E-state index in [-0.39, 0.29) is 25.1 Å². The topological polar surface area (TPSA) is 88.3 Å². The summed E-state index contributed by atoms with van der Waals surface area (Å²) in [5.74, 6) is 1.25. The lowest BCUT2D eigenvalue weighted by Crippen LogP contribution is -2.22. The van der Waals surface area contributed by atoms with Gasteiger partial charge in [-0.1, -0.05) is 12.1 Å². The third-order valence-corrected chi connectivity index (χ3v) is 6.43. The Kier molecular flexibility index (Phi) is 8.28. The van der Waals surface area contributed by atoms with Crippen LogP contribution in [0.3, 0.4) is 0 Å². The molecule has 2 aromatic rings. The van der Waals surface area contributed by atoms with Gasteiger partial charge in [-0.15, -0.1) is 0 Å². The fourth-order valence-electron chi connectivity index (χ4n) is 4.17. The lowest BCUT2D eigenvalue weighted by atomic mass is 9.83. The van der Waals surface area contributed by atoms with Gasteiger partial charge in [0.15, 0.2) is 6.79 Å². The maximum Gasteiger partial charge on any atom is 0.343 e. The molecule has 2 aliphatic heterocycles. The van der Waals surface area contributed by atoms with Gasteiger partial charge < -0.3 is 33.2 Å². The van der Waals surface area contributed by atoms with Gasteiger partial charge in [0.25, 0.3) is 0 Å². The van der Waals surface area contributed by atoms with Crippen molar-refractivity contribution in [1.82, 2.24) is 0 Å². The van der Waals surface area contributed by atoms with Gasteiger partial charge in [-0.3, -0.25) is 0 Å². The van der Waals surface area contributed by atoms with Crippen LogP contribution in [0, 0.1) is 0 Å². The largest absolute Gasteiger partial charge is 0.468 e. The Morgan fingerprint density at radius 2 is 1.37 bits per heavy atom. The fraction of sp³-hybridized carbons (Fsp3) is 0.519. The summed E-state index contributed by atoms with van der Waals surface area (Å²) in [5.41, 5.74) is 1.73. The standard InChI is InChI=1S/C27H32O8/c28-27(21-5-9-23(10-6-21)34-18-30-14-26-16-32-26)35-24-11-3-20(4-12-24)19-1-7-22(8-2-19)33-17-29-13-25-15-31-25/h3-6,9-12,19,22,25-26H,1-2,7-8,13-18H2. The SMILES string of the molecule is O=C(Oc1ccc(C2CCC(OCOCC3CO3)CC2)cc1)c1ccc(OCOCC2CO2)cc1. The van der Waals surface area contributed by atoms with E-state index in [1.807, 2.05) is 12.1 Å². The smallest absolute Gasteiger partial charge is 0.343 e. The minimum Gasteiger partial charge on any atom is -0.468 e. The quantitative estimate of drug-likeness (QED) is 0.138. The highest BCUT2D eigenvalue weighted by Crippen LogP contribution is 2.34. The molecule has 2 unspecified atom stereocenters. The molecule has 8 nitrogen and oxygen atoms in total. The molecule has 0 N–H and O–H groups in total. The van der Waals surface area contributed by atoms with Gasteiger partial charge in [-0.2, -0.15) is 0 Å². The summed E-state index contributed by atoms with van der Waals surface area (Å²) in [4.78, 5) is 12.5. The molecular formula is C27H32O8. The van der Waals surface area contributed by atoms with Gasteiger partial charge >= 0.3 is 5.97 Å². The van der Waals surface area contributed by atoms with E-state index in [1.54, 1.807) is 24.3 Å². The van der Waals surface area contributed by atoms with Crippen molar-refractivity contribution in [2.24, 2.45) is 0 Å². The van der Waals surface area contributed by atoms with Crippen molar-refractivity contribution in [2.45, 2.75) is 49.9 Å². The average molecular weight is 485 g/mol. The number of carbonyl (C=O) groups excluding carboxylic acids is 1. The van der Waals surface area contributed by atoms with Crippen molar-refractivity contribution in [1.29, 1.82) is 0 Å². The molecule has 3 fully saturated rings.